The van der Waals surface area contributed by atoms with Gasteiger partial charge in [-0.15, -0.1) is 0 Å². The second kappa shape index (κ2) is 5.63. The van der Waals surface area contributed by atoms with Crippen LogP contribution in [0.4, 0.5) is 0 Å². The lowest BCUT2D eigenvalue weighted by Crippen LogP contribution is -2.15. The molecular weight excluding hydrogens is 287 g/mol. The standard InChI is InChI=1S/C13H12Cl2N2O2/c1-2-3-8-12(18)16-11(17-13(8)19)7-4-5-9(14)10(15)6-7/h4-6H,2-3H2,1H3,(H2,16,17,18,19). The van der Waals surface area contributed by atoms with Crippen molar-refractivity contribution < 1.29 is 5.11 Å². The van der Waals surface area contributed by atoms with Gasteiger partial charge in [-0.05, 0) is 24.6 Å². The zero-order chi connectivity index (χ0) is 14.0. The van der Waals surface area contributed by atoms with E-state index in [0.717, 1.165) is 6.42 Å². The van der Waals surface area contributed by atoms with Gasteiger partial charge in [-0.2, -0.15) is 4.98 Å². The molecule has 1 heterocycles. The van der Waals surface area contributed by atoms with Crippen molar-refractivity contribution in [1.29, 1.82) is 0 Å². The minimum absolute atomic E-state index is 0.244. The van der Waals surface area contributed by atoms with E-state index in [1.54, 1.807) is 18.2 Å². The Morgan fingerprint density at radius 2 is 2.05 bits per heavy atom. The zero-order valence-corrected chi connectivity index (χ0v) is 11.7. The van der Waals surface area contributed by atoms with Crippen molar-refractivity contribution in [1.82, 2.24) is 9.97 Å². The molecule has 4 nitrogen and oxygen atoms in total. The number of rotatable bonds is 3. The predicted molar refractivity (Wildman–Crippen MR) is 76.0 cm³/mol. The highest BCUT2D eigenvalue weighted by atomic mass is 35.5. The molecule has 0 radical (unpaired) electrons. The molecule has 19 heavy (non-hydrogen) atoms. The van der Waals surface area contributed by atoms with Gasteiger partial charge in [0.2, 0.25) is 5.88 Å². The summed E-state index contributed by atoms with van der Waals surface area (Å²) in [5.41, 5.74) is 0.548. The van der Waals surface area contributed by atoms with E-state index in [2.05, 4.69) is 9.97 Å². The quantitative estimate of drug-likeness (QED) is 0.912. The summed E-state index contributed by atoms with van der Waals surface area (Å²) < 4.78 is 0. The van der Waals surface area contributed by atoms with Crippen LogP contribution in [-0.2, 0) is 6.42 Å². The molecule has 1 aromatic heterocycles. The fourth-order valence-corrected chi connectivity index (χ4v) is 2.04. The van der Waals surface area contributed by atoms with Crippen LogP contribution in [-0.4, -0.2) is 15.1 Å². The second-order valence-corrected chi connectivity index (χ2v) is 4.91. The van der Waals surface area contributed by atoms with Gasteiger partial charge in [0.25, 0.3) is 5.56 Å². The Kier molecular flexibility index (Phi) is 4.12. The van der Waals surface area contributed by atoms with Gasteiger partial charge in [-0.3, -0.25) is 4.79 Å². The summed E-state index contributed by atoms with van der Waals surface area (Å²) in [7, 11) is 0. The average Bonchev–Trinajstić information content (AvgIpc) is 2.37. The molecule has 0 saturated carbocycles. The van der Waals surface area contributed by atoms with Crippen molar-refractivity contribution in [3.05, 3.63) is 44.2 Å². The third-order valence-electron chi connectivity index (χ3n) is 2.69. The molecule has 0 saturated heterocycles. The molecule has 100 valence electrons. The summed E-state index contributed by atoms with van der Waals surface area (Å²) in [5.74, 6) is 0.0209. The second-order valence-electron chi connectivity index (χ2n) is 4.10. The molecule has 1 aromatic carbocycles. The van der Waals surface area contributed by atoms with E-state index in [4.69, 9.17) is 23.2 Å². The van der Waals surface area contributed by atoms with Gasteiger partial charge >= 0.3 is 0 Å². The van der Waals surface area contributed by atoms with Crippen molar-refractivity contribution >= 4 is 23.2 Å². The van der Waals surface area contributed by atoms with E-state index in [1.807, 2.05) is 6.92 Å². The first-order valence-electron chi connectivity index (χ1n) is 5.80. The van der Waals surface area contributed by atoms with Crippen molar-refractivity contribution in [2.45, 2.75) is 19.8 Å². The normalized spacial score (nSPS) is 10.7. The van der Waals surface area contributed by atoms with Crippen molar-refractivity contribution in [3.63, 3.8) is 0 Å². The van der Waals surface area contributed by atoms with E-state index >= 15 is 0 Å². The lowest BCUT2D eigenvalue weighted by atomic mass is 10.1. The molecule has 6 heteroatoms. The maximum absolute atomic E-state index is 11.9. The topological polar surface area (TPSA) is 66.0 Å². The highest BCUT2D eigenvalue weighted by Crippen LogP contribution is 2.27. The summed E-state index contributed by atoms with van der Waals surface area (Å²) in [5, 5.41) is 10.6. The van der Waals surface area contributed by atoms with Gasteiger partial charge in [0.05, 0.1) is 15.6 Å². The van der Waals surface area contributed by atoms with Crippen LogP contribution in [0.5, 0.6) is 5.88 Å². The molecule has 2 N–H and O–H groups in total. The number of aromatic hydroxyl groups is 1. The number of benzene rings is 1. The molecule has 0 unspecified atom stereocenters. The van der Waals surface area contributed by atoms with Crippen LogP contribution in [0, 0.1) is 0 Å². The molecule has 2 rings (SSSR count). The Morgan fingerprint density at radius 1 is 1.32 bits per heavy atom. The first kappa shape index (κ1) is 13.9. The van der Waals surface area contributed by atoms with E-state index < -0.39 is 0 Å². The minimum atomic E-state index is -0.338. The zero-order valence-electron chi connectivity index (χ0n) is 10.2. The summed E-state index contributed by atoms with van der Waals surface area (Å²) in [6.07, 6.45) is 1.24. The van der Waals surface area contributed by atoms with Crippen molar-refractivity contribution in [2.75, 3.05) is 0 Å². The first-order chi connectivity index (χ1) is 9.02. The lowest BCUT2D eigenvalue weighted by Gasteiger charge is -2.06. The van der Waals surface area contributed by atoms with E-state index in [-0.39, 0.29) is 17.3 Å². The van der Waals surface area contributed by atoms with E-state index in [9.17, 15) is 9.90 Å². The van der Waals surface area contributed by atoms with Crippen LogP contribution in [0.15, 0.2) is 23.0 Å². The molecule has 0 aliphatic heterocycles. The molecule has 0 fully saturated rings. The molecule has 0 atom stereocenters. The number of hydrogen-bond donors (Lipinski definition) is 2. The fraction of sp³-hybridized carbons (Fsp3) is 0.231. The summed E-state index contributed by atoms with van der Waals surface area (Å²) >= 11 is 11.7. The van der Waals surface area contributed by atoms with Gasteiger partial charge in [0, 0.05) is 5.56 Å². The Balaban J connectivity index is 2.52. The Hall–Kier alpha value is -1.52. The maximum atomic E-state index is 11.9. The number of aromatic nitrogens is 2. The molecular formula is C13H12Cl2N2O2. The van der Waals surface area contributed by atoms with Crippen molar-refractivity contribution in [2.24, 2.45) is 0 Å². The molecule has 0 aliphatic rings. The Bertz CT molecular complexity index is 668. The number of hydrogen-bond acceptors (Lipinski definition) is 3. The van der Waals surface area contributed by atoms with E-state index in [1.165, 1.54) is 0 Å². The largest absolute Gasteiger partial charge is 0.493 e. The fourth-order valence-electron chi connectivity index (χ4n) is 1.74. The number of nitrogens with one attached hydrogen (secondary N) is 1. The van der Waals surface area contributed by atoms with Crippen LogP contribution in [0.2, 0.25) is 10.0 Å². The average molecular weight is 299 g/mol. The van der Waals surface area contributed by atoms with Crippen LogP contribution in [0.25, 0.3) is 11.4 Å². The molecule has 0 amide bonds. The van der Waals surface area contributed by atoms with Gasteiger partial charge in [-0.1, -0.05) is 36.5 Å². The highest BCUT2D eigenvalue weighted by Gasteiger charge is 2.11. The number of aromatic amines is 1. The third-order valence-corrected chi connectivity index (χ3v) is 3.43. The van der Waals surface area contributed by atoms with Gasteiger partial charge < -0.3 is 10.1 Å². The van der Waals surface area contributed by atoms with Gasteiger partial charge in [0.1, 0.15) is 5.82 Å². The molecule has 0 spiro atoms. The minimum Gasteiger partial charge on any atom is -0.493 e. The smallest absolute Gasteiger partial charge is 0.258 e. The SMILES string of the molecule is CCCc1c(O)nc(-c2ccc(Cl)c(Cl)c2)[nH]c1=O. The summed E-state index contributed by atoms with van der Waals surface area (Å²) in [6, 6.07) is 4.86. The number of nitrogens with zero attached hydrogens (tertiary/aromatic N) is 1. The summed E-state index contributed by atoms with van der Waals surface area (Å²) in [4.78, 5) is 18.5. The lowest BCUT2D eigenvalue weighted by molar-refractivity contribution is 0.443. The van der Waals surface area contributed by atoms with Crippen LogP contribution >= 0.6 is 23.2 Å². The predicted octanol–water partition coefficient (Wildman–Crippen LogP) is 3.40. The van der Waals surface area contributed by atoms with Crippen LogP contribution < -0.4 is 5.56 Å². The maximum Gasteiger partial charge on any atom is 0.258 e. The van der Waals surface area contributed by atoms with Crippen LogP contribution in [0.3, 0.4) is 0 Å². The summed E-state index contributed by atoms with van der Waals surface area (Å²) in [6.45, 7) is 1.92. The van der Waals surface area contributed by atoms with Crippen molar-refractivity contribution in [3.8, 4) is 17.3 Å². The third kappa shape index (κ3) is 2.91. The molecule has 2 aromatic rings. The Morgan fingerprint density at radius 3 is 2.63 bits per heavy atom. The Labute approximate surface area is 120 Å². The molecule has 0 bridgehead atoms. The van der Waals surface area contributed by atoms with Crippen LogP contribution in [0.1, 0.15) is 18.9 Å². The molecule has 0 aliphatic carbocycles. The highest BCUT2D eigenvalue weighted by molar-refractivity contribution is 6.42. The van der Waals surface area contributed by atoms with Gasteiger partial charge in [0.15, 0.2) is 0 Å². The van der Waals surface area contributed by atoms with Gasteiger partial charge in [-0.25, -0.2) is 0 Å². The number of H-pyrrole nitrogens is 1. The number of halogens is 2. The first-order valence-corrected chi connectivity index (χ1v) is 6.56. The van der Waals surface area contributed by atoms with E-state index in [0.29, 0.717) is 27.6 Å². The monoisotopic (exact) mass is 298 g/mol.